The van der Waals surface area contributed by atoms with Crippen LogP contribution in [-0.2, 0) is 0 Å². The van der Waals surface area contributed by atoms with Gasteiger partial charge in [-0.25, -0.2) is 0 Å². The van der Waals surface area contributed by atoms with Gasteiger partial charge in [0.1, 0.15) is 0 Å². The smallest absolute Gasteiger partial charge is 0.362 e. The van der Waals surface area contributed by atoms with Crippen LogP contribution in [0.1, 0.15) is 22.3 Å². The van der Waals surface area contributed by atoms with E-state index in [1.165, 1.54) is 24.5 Å². The third-order valence-corrected chi connectivity index (χ3v) is 3.67. The predicted molar refractivity (Wildman–Crippen MR) is 79.0 cm³/mol. The Balaban J connectivity index is 2.05. The van der Waals surface area contributed by atoms with Crippen LogP contribution in [0, 0.1) is 0 Å². The number of amides is 1. The lowest BCUT2D eigenvalue weighted by molar-refractivity contribution is -0.297. The maximum Gasteiger partial charge on any atom is 0.438 e. The highest BCUT2D eigenvalue weighted by Gasteiger charge is 2.63. The molecule has 2 aromatic rings. The van der Waals surface area contributed by atoms with Gasteiger partial charge in [0.25, 0.3) is 11.6 Å². The Morgan fingerprint density at radius 3 is 2.33 bits per heavy atom. The predicted octanol–water partition coefficient (Wildman–Crippen LogP) is 2.58. The molecule has 0 aliphatic carbocycles. The molecule has 1 aliphatic rings. The Hall–Kier alpha value is -2.74. The van der Waals surface area contributed by atoms with Gasteiger partial charge in [-0.05, 0) is 17.7 Å². The second-order valence-corrected chi connectivity index (χ2v) is 5.26. The molecule has 1 amide bonds. The van der Waals surface area contributed by atoms with Crippen molar-refractivity contribution >= 4 is 11.6 Å². The first kappa shape index (κ1) is 16.1. The lowest BCUT2D eigenvalue weighted by atomic mass is 10.0. The van der Waals surface area contributed by atoms with Crippen LogP contribution in [0.15, 0.2) is 60.0 Å². The van der Waals surface area contributed by atoms with Gasteiger partial charge in [0.2, 0.25) is 0 Å². The number of hydrogen-bond acceptors (Lipinski definition) is 4. The quantitative estimate of drug-likeness (QED) is 0.917. The summed E-state index contributed by atoms with van der Waals surface area (Å²) in [5.74, 6) is -1.05. The molecule has 1 aliphatic heterocycles. The van der Waals surface area contributed by atoms with Crippen LogP contribution in [0.4, 0.5) is 13.2 Å². The van der Waals surface area contributed by atoms with E-state index in [1.807, 2.05) is 0 Å². The lowest BCUT2D eigenvalue weighted by Crippen LogP contribution is -2.56. The van der Waals surface area contributed by atoms with E-state index in [0.717, 1.165) is 0 Å². The minimum atomic E-state index is -5.06. The number of aromatic nitrogens is 1. The molecular weight excluding hydrogens is 323 g/mol. The second kappa shape index (κ2) is 5.72. The van der Waals surface area contributed by atoms with Crippen molar-refractivity contribution in [1.82, 2.24) is 9.99 Å². The third-order valence-electron chi connectivity index (χ3n) is 3.67. The summed E-state index contributed by atoms with van der Waals surface area (Å²) in [6.45, 7) is 0. The molecule has 0 saturated carbocycles. The van der Waals surface area contributed by atoms with Crippen molar-refractivity contribution in [2.24, 2.45) is 5.10 Å². The molecule has 0 fully saturated rings. The van der Waals surface area contributed by atoms with E-state index in [-0.39, 0.29) is 16.3 Å². The maximum atomic E-state index is 13.4. The van der Waals surface area contributed by atoms with Crippen LogP contribution in [0.3, 0.4) is 0 Å². The van der Waals surface area contributed by atoms with Crippen molar-refractivity contribution in [2.45, 2.75) is 18.3 Å². The number of carbonyl (C=O) groups excluding carboxylic acids is 1. The van der Waals surface area contributed by atoms with Crippen LogP contribution >= 0.6 is 0 Å². The first-order chi connectivity index (χ1) is 11.3. The first-order valence-electron chi connectivity index (χ1n) is 6.99. The highest BCUT2D eigenvalue weighted by Crippen LogP contribution is 2.41. The number of rotatable bonds is 2. The van der Waals surface area contributed by atoms with Crippen LogP contribution < -0.4 is 0 Å². The fourth-order valence-corrected chi connectivity index (χ4v) is 2.39. The fraction of sp³-hybridized carbons (Fsp3) is 0.188. The first-order valence-corrected chi connectivity index (χ1v) is 6.99. The number of carbonyl (C=O) groups is 1. The molecule has 1 atom stereocenters. The Morgan fingerprint density at radius 1 is 1.12 bits per heavy atom. The standard InChI is InChI=1S/C16H12F3N3O2/c17-16(18,19)15(24)10-13(11-4-2-1-3-5-11)21-22(15)14(23)12-6-8-20-9-7-12/h1-9,24H,10H2. The van der Waals surface area contributed by atoms with E-state index < -0.39 is 24.2 Å². The number of hydrogen-bond donors (Lipinski definition) is 1. The molecule has 0 radical (unpaired) electrons. The molecule has 124 valence electrons. The zero-order valence-corrected chi connectivity index (χ0v) is 12.2. The number of hydrazone groups is 1. The summed E-state index contributed by atoms with van der Waals surface area (Å²) in [5, 5.41) is 14.1. The average Bonchev–Trinajstić information content (AvgIpc) is 2.95. The van der Waals surface area contributed by atoms with Gasteiger partial charge in [-0.1, -0.05) is 30.3 Å². The molecule has 8 heteroatoms. The Morgan fingerprint density at radius 2 is 1.75 bits per heavy atom. The van der Waals surface area contributed by atoms with E-state index in [0.29, 0.717) is 5.56 Å². The lowest BCUT2D eigenvalue weighted by Gasteiger charge is -2.32. The van der Waals surface area contributed by atoms with Gasteiger partial charge >= 0.3 is 6.18 Å². The number of halogens is 3. The van der Waals surface area contributed by atoms with E-state index in [1.54, 1.807) is 30.3 Å². The summed E-state index contributed by atoms with van der Waals surface area (Å²) >= 11 is 0. The Labute approximate surface area is 135 Å². The van der Waals surface area contributed by atoms with Gasteiger partial charge in [-0.15, -0.1) is 0 Å². The normalized spacial score (nSPS) is 20.8. The molecule has 1 N–H and O–H groups in total. The zero-order chi connectivity index (χ0) is 17.4. The molecule has 5 nitrogen and oxygen atoms in total. The van der Waals surface area contributed by atoms with Crippen LogP contribution in [0.5, 0.6) is 0 Å². The Kier molecular flexibility index (Phi) is 3.84. The monoisotopic (exact) mass is 335 g/mol. The fourth-order valence-electron chi connectivity index (χ4n) is 2.39. The molecule has 0 saturated heterocycles. The minimum Gasteiger partial charge on any atom is -0.362 e. The van der Waals surface area contributed by atoms with Crippen molar-refractivity contribution in [3.63, 3.8) is 0 Å². The number of nitrogens with zero attached hydrogens (tertiary/aromatic N) is 3. The third kappa shape index (κ3) is 2.65. The zero-order valence-electron chi connectivity index (χ0n) is 12.2. The molecule has 0 spiro atoms. The second-order valence-electron chi connectivity index (χ2n) is 5.26. The van der Waals surface area contributed by atoms with Crippen molar-refractivity contribution in [3.8, 4) is 0 Å². The van der Waals surface area contributed by atoms with Crippen LogP contribution in [0.2, 0.25) is 0 Å². The van der Waals surface area contributed by atoms with Crippen molar-refractivity contribution < 1.29 is 23.1 Å². The molecular formula is C16H12F3N3O2. The SMILES string of the molecule is O=C(c1ccncc1)N1N=C(c2ccccc2)CC1(O)C(F)(F)F. The van der Waals surface area contributed by atoms with E-state index in [9.17, 15) is 23.1 Å². The van der Waals surface area contributed by atoms with Gasteiger partial charge in [-0.2, -0.15) is 23.3 Å². The number of pyridine rings is 1. The molecule has 0 bridgehead atoms. The van der Waals surface area contributed by atoms with Crippen LogP contribution in [-0.4, -0.2) is 38.6 Å². The highest BCUT2D eigenvalue weighted by molar-refractivity contribution is 6.05. The molecule has 1 aromatic carbocycles. The molecule has 24 heavy (non-hydrogen) atoms. The Bertz CT molecular complexity index is 778. The summed E-state index contributed by atoms with van der Waals surface area (Å²) in [7, 11) is 0. The van der Waals surface area contributed by atoms with E-state index in [2.05, 4.69) is 10.1 Å². The molecule has 3 rings (SSSR count). The molecule has 2 heterocycles. The summed E-state index contributed by atoms with van der Waals surface area (Å²) in [6.07, 6.45) is -3.34. The van der Waals surface area contributed by atoms with Gasteiger partial charge < -0.3 is 5.11 Å². The van der Waals surface area contributed by atoms with Crippen molar-refractivity contribution in [3.05, 3.63) is 66.0 Å². The van der Waals surface area contributed by atoms with E-state index >= 15 is 0 Å². The van der Waals surface area contributed by atoms with Gasteiger partial charge in [0.05, 0.1) is 12.1 Å². The number of alkyl halides is 3. The van der Waals surface area contributed by atoms with E-state index in [4.69, 9.17) is 0 Å². The van der Waals surface area contributed by atoms with Crippen LogP contribution in [0.25, 0.3) is 0 Å². The highest BCUT2D eigenvalue weighted by atomic mass is 19.4. The summed E-state index contributed by atoms with van der Waals surface area (Å²) in [5.41, 5.74) is -3.05. The molecule has 1 aromatic heterocycles. The number of aliphatic hydroxyl groups is 1. The van der Waals surface area contributed by atoms with Crippen molar-refractivity contribution in [1.29, 1.82) is 0 Å². The van der Waals surface area contributed by atoms with Gasteiger partial charge in [0, 0.05) is 18.0 Å². The average molecular weight is 335 g/mol. The van der Waals surface area contributed by atoms with Crippen molar-refractivity contribution in [2.75, 3.05) is 0 Å². The molecule has 1 unspecified atom stereocenters. The summed E-state index contributed by atoms with van der Waals surface area (Å²) in [6, 6.07) is 10.6. The summed E-state index contributed by atoms with van der Waals surface area (Å²) in [4.78, 5) is 16.1. The largest absolute Gasteiger partial charge is 0.438 e. The maximum absolute atomic E-state index is 13.4. The van der Waals surface area contributed by atoms with Gasteiger partial charge in [-0.3, -0.25) is 9.78 Å². The topological polar surface area (TPSA) is 65.8 Å². The number of benzene rings is 1. The van der Waals surface area contributed by atoms with Gasteiger partial charge in [0.15, 0.2) is 0 Å². The minimum absolute atomic E-state index is 0.0159. The summed E-state index contributed by atoms with van der Waals surface area (Å²) < 4.78 is 40.3.